The van der Waals surface area contributed by atoms with Crippen molar-refractivity contribution < 1.29 is 9.31 Å². The summed E-state index contributed by atoms with van der Waals surface area (Å²) in [5.74, 6) is -0.113. The molecule has 1 saturated carbocycles. The van der Waals surface area contributed by atoms with Crippen LogP contribution in [0.25, 0.3) is 0 Å². The smallest absolute Gasteiger partial charge is 0.327 e. The number of nitro groups is 1. The lowest BCUT2D eigenvalue weighted by Gasteiger charge is -2.32. The molecule has 0 amide bonds. The van der Waals surface area contributed by atoms with Crippen molar-refractivity contribution in [3.63, 3.8) is 0 Å². The zero-order valence-corrected chi connectivity index (χ0v) is 10.7. The molecule has 2 aliphatic rings. The minimum Gasteiger partial charge on any atom is -0.363 e. The molecule has 102 valence electrons. The minimum absolute atomic E-state index is 0.356. The molecule has 19 heavy (non-hydrogen) atoms. The maximum atomic E-state index is 13.7. The van der Waals surface area contributed by atoms with E-state index in [1.807, 2.05) is 0 Å². The SMILES string of the molecule is O=[N+]([O-])c1c(F)cccc1N1CCC2CCCCC21. The monoisotopic (exact) mass is 264 g/mol. The third-order valence-corrected chi connectivity index (χ3v) is 4.47. The topological polar surface area (TPSA) is 46.4 Å². The lowest BCUT2D eigenvalue weighted by molar-refractivity contribution is -0.386. The van der Waals surface area contributed by atoms with Crippen LogP contribution in [0.4, 0.5) is 15.8 Å². The van der Waals surface area contributed by atoms with Crippen molar-refractivity contribution in [1.29, 1.82) is 0 Å². The van der Waals surface area contributed by atoms with Crippen molar-refractivity contribution in [3.05, 3.63) is 34.1 Å². The summed E-state index contributed by atoms with van der Waals surface area (Å²) in [6, 6.07) is 4.76. The Labute approximate surface area is 111 Å². The molecule has 0 aromatic heterocycles. The number of nitro benzene ring substituents is 1. The quantitative estimate of drug-likeness (QED) is 0.606. The fourth-order valence-electron chi connectivity index (χ4n) is 3.62. The fraction of sp³-hybridized carbons (Fsp3) is 0.571. The molecular formula is C14H17FN2O2. The number of rotatable bonds is 2. The number of benzene rings is 1. The Balaban J connectivity index is 1.98. The van der Waals surface area contributed by atoms with Crippen molar-refractivity contribution in [2.75, 3.05) is 11.4 Å². The highest BCUT2D eigenvalue weighted by molar-refractivity contribution is 5.65. The molecule has 1 aromatic carbocycles. The van der Waals surface area contributed by atoms with E-state index in [1.54, 1.807) is 12.1 Å². The van der Waals surface area contributed by atoms with Gasteiger partial charge in [0, 0.05) is 12.6 Å². The Bertz CT molecular complexity index is 506. The maximum Gasteiger partial charge on any atom is 0.327 e. The second kappa shape index (κ2) is 4.79. The van der Waals surface area contributed by atoms with Crippen LogP contribution in [0.2, 0.25) is 0 Å². The summed E-state index contributed by atoms with van der Waals surface area (Å²) in [6.45, 7) is 0.805. The summed E-state index contributed by atoms with van der Waals surface area (Å²) < 4.78 is 13.7. The van der Waals surface area contributed by atoms with Gasteiger partial charge in [0.1, 0.15) is 5.69 Å². The van der Waals surface area contributed by atoms with Gasteiger partial charge in [0.25, 0.3) is 0 Å². The normalized spacial score (nSPS) is 26.3. The molecule has 0 bridgehead atoms. The molecule has 1 saturated heterocycles. The van der Waals surface area contributed by atoms with Gasteiger partial charge in [0.15, 0.2) is 0 Å². The van der Waals surface area contributed by atoms with Gasteiger partial charge in [-0.05, 0) is 37.3 Å². The summed E-state index contributed by atoms with van der Waals surface area (Å²) in [4.78, 5) is 12.6. The van der Waals surface area contributed by atoms with Gasteiger partial charge in [0.05, 0.1) is 4.92 Å². The number of hydrogen-bond acceptors (Lipinski definition) is 3. The van der Waals surface area contributed by atoms with E-state index in [1.165, 1.54) is 19.3 Å². The Kier molecular flexibility index (Phi) is 3.12. The molecular weight excluding hydrogens is 247 g/mol. The predicted octanol–water partition coefficient (Wildman–Crippen LogP) is 3.50. The molecule has 1 heterocycles. The lowest BCUT2D eigenvalue weighted by Crippen LogP contribution is -2.35. The molecule has 2 unspecified atom stereocenters. The molecule has 5 heteroatoms. The number of halogens is 1. The summed E-state index contributed by atoms with van der Waals surface area (Å²) in [7, 11) is 0. The number of anilines is 1. The van der Waals surface area contributed by atoms with Gasteiger partial charge in [-0.3, -0.25) is 10.1 Å². The van der Waals surface area contributed by atoms with Crippen molar-refractivity contribution >= 4 is 11.4 Å². The summed E-state index contributed by atoms with van der Waals surface area (Å²) in [5.41, 5.74) is 0.0909. The largest absolute Gasteiger partial charge is 0.363 e. The lowest BCUT2D eigenvalue weighted by atomic mass is 9.85. The van der Waals surface area contributed by atoms with E-state index in [0.717, 1.165) is 25.5 Å². The van der Waals surface area contributed by atoms with Gasteiger partial charge < -0.3 is 4.90 Å². The van der Waals surface area contributed by atoms with Crippen molar-refractivity contribution in [3.8, 4) is 0 Å². The van der Waals surface area contributed by atoms with E-state index in [4.69, 9.17) is 0 Å². The van der Waals surface area contributed by atoms with Gasteiger partial charge >= 0.3 is 5.69 Å². The van der Waals surface area contributed by atoms with Crippen LogP contribution in [0.1, 0.15) is 32.1 Å². The molecule has 2 atom stereocenters. The highest BCUT2D eigenvalue weighted by Crippen LogP contribution is 2.42. The summed E-state index contributed by atoms with van der Waals surface area (Å²) >= 11 is 0. The van der Waals surface area contributed by atoms with E-state index in [0.29, 0.717) is 17.6 Å². The van der Waals surface area contributed by atoms with Crippen LogP contribution >= 0.6 is 0 Å². The highest BCUT2D eigenvalue weighted by atomic mass is 19.1. The third kappa shape index (κ3) is 2.07. The van der Waals surface area contributed by atoms with Gasteiger partial charge in [-0.2, -0.15) is 4.39 Å². The fourth-order valence-corrected chi connectivity index (χ4v) is 3.62. The first-order valence-electron chi connectivity index (χ1n) is 6.88. The first-order valence-corrected chi connectivity index (χ1v) is 6.88. The summed E-state index contributed by atoms with van der Waals surface area (Å²) in [6.07, 6.45) is 5.75. The van der Waals surface area contributed by atoms with Gasteiger partial charge in [0.2, 0.25) is 5.82 Å². The average molecular weight is 264 g/mol. The van der Waals surface area contributed by atoms with Crippen LogP contribution < -0.4 is 4.90 Å². The Morgan fingerprint density at radius 2 is 2.05 bits per heavy atom. The van der Waals surface area contributed by atoms with Crippen LogP contribution in [-0.2, 0) is 0 Å². The molecule has 0 radical (unpaired) electrons. The predicted molar refractivity (Wildman–Crippen MR) is 70.8 cm³/mol. The second-order valence-corrected chi connectivity index (χ2v) is 5.46. The van der Waals surface area contributed by atoms with E-state index in [9.17, 15) is 14.5 Å². The van der Waals surface area contributed by atoms with Crippen LogP contribution in [0.3, 0.4) is 0 Å². The molecule has 3 rings (SSSR count). The average Bonchev–Trinajstić information content (AvgIpc) is 2.81. The highest BCUT2D eigenvalue weighted by Gasteiger charge is 2.38. The number of hydrogen-bond donors (Lipinski definition) is 0. The van der Waals surface area contributed by atoms with E-state index in [2.05, 4.69) is 4.90 Å². The van der Waals surface area contributed by atoms with Crippen molar-refractivity contribution in [2.24, 2.45) is 5.92 Å². The molecule has 0 spiro atoms. The second-order valence-electron chi connectivity index (χ2n) is 5.46. The van der Waals surface area contributed by atoms with Crippen molar-refractivity contribution in [2.45, 2.75) is 38.1 Å². The van der Waals surface area contributed by atoms with E-state index < -0.39 is 10.7 Å². The first kappa shape index (κ1) is 12.4. The Hall–Kier alpha value is -1.65. The Morgan fingerprint density at radius 1 is 1.26 bits per heavy atom. The number of nitrogens with zero attached hydrogens (tertiary/aromatic N) is 2. The standard InChI is InChI=1S/C14H17FN2O2/c15-11-5-3-7-13(14(11)17(18)19)16-9-8-10-4-1-2-6-12(10)16/h3,5,7,10,12H,1-2,4,6,8-9H2. The van der Waals surface area contributed by atoms with Gasteiger partial charge in [-0.25, -0.2) is 0 Å². The summed E-state index contributed by atoms with van der Waals surface area (Å²) in [5, 5.41) is 11.1. The molecule has 1 aromatic rings. The van der Waals surface area contributed by atoms with E-state index >= 15 is 0 Å². The van der Waals surface area contributed by atoms with Crippen LogP contribution in [0.15, 0.2) is 18.2 Å². The molecule has 0 N–H and O–H groups in total. The molecule has 1 aliphatic carbocycles. The van der Waals surface area contributed by atoms with Gasteiger partial charge in [-0.1, -0.05) is 18.9 Å². The van der Waals surface area contributed by atoms with Crippen LogP contribution in [-0.4, -0.2) is 17.5 Å². The van der Waals surface area contributed by atoms with Crippen molar-refractivity contribution in [1.82, 2.24) is 0 Å². The van der Waals surface area contributed by atoms with Crippen LogP contribution in [0.5, 0.6) is 0 Å². The zero-order chi connectivity index (χ0) is 13.4. The van der Waals surface area contributed by atoms with Gasteiger partial charge in [-0.15, -0.1) is 0 Å². The molecule has 2 fully saturated rings. The molecule has 1 aliphatic heterocycles. The van der Waals surface area contributed by atoms with Crippen LogP contribution in [0, 0.1) is 21.8 Å². The minimum atomic E-state index is -0.734. The zero-order valence-electron chi connectivity index (χ0n) is 10.7. The van der Waals surface area contributed by atoms with E-state index in [-0.39, 0.29) is 5.69 Å². The molecule has 4 nitrogen and oxygen atoms in total. The number of para-hydroxylation sites is 1. The Morgan fingerprint density at radius 3 is 2.84 bits per heavy atom. The maximum absolute atomic E-state index is 13.7. The third-order valence-electron chi connectivity index (χ3n) is 4.47. The first-order chi connectivity index (χ1) is 9.18. The number of fused-ring (bicyclic) bond motifs is 1.